The molecule has 1 unspecified atom stereocenters. The predicted molar refractivity (Wildman–Crippen MR) is 116 cm³/mol. The van der Waals surface area contributed by atoms with Gasteiger partial charge in [0.2, 0.25) is 0 Å². The number of Topliss-reactive ketones (excluding diaryl/α,β-unsaturated/α-hetero) is 1. The number of aliphatic hydroxyl groups is 1. The fourth-order valence-corrected chi connectivity index (χ4v) is 3.96. The van der Waals surface area contributed by atoms with Gasteiger partial charge in [-0.05, 0) is 67.8 Å². The summed E-state index contributed by atoms with van der Waals surface area (Å²) in [4.78, 5) is 31.8. The molecule has 1 aromatic heterocycles. The SMILES string of the molecule is Cc1ccc(N2C(=O)C(=O)/C(=C(/O)c3ccc(F)c(C)c3)C2c2cccnc2)c(C)c1. The molecule has 1 atom stereocenters. The highest BCUT2D eigenvalue weighted by Crippen LogP contribution is 2.43. The smallest absolute Gasteiger partial charge is 0.300 e. The van der Waals surface area contributed by atoms with Crippen LogP contribution < -0.4 is 4.90 Å². The molecule has 2 heterocycles. The second kappa shape index (κ2) is 7.80. The molecule has 1 fully saturated rings. The van der Waals surface area contributed by atoms with Crippen molar-refractivity contribution in [3.63, 3.8) is 0 Å². The number of aryl methyl sites for hydroxylation is 3. The Hall–Kier alpha value is -3.80. The third-order valence-corrected chi connectivity index (χ3v) is 5.49. The molecule has 3 aromatic rings. The number of amides is 1. The van der Waals surface area contributed by atoms with Crippen molar-refractivity contribution in [1.29, 1.82) is 0 Å². The third-order valence-electron chi connectivity index (χ3n) is 5.49. The van der Waals surface area contributed by atoms with E-state index >= 15 is 0 Å². The number of carbonyl (C=O) groups excluding carboxylic acids is 2. The van der Waals surface area contributed by atoms with Crippen LogP contribution in [0.2, 0.25) is 0 Å². The van der Waals surface area contributed by atoms with Gasteiger partial charge in [-0.2, -0.15) is 0 Å². The molecule has 1 saturated heterocycles. The van der Waals surface area contributed by atoms with E-state index in [4.69, 9.17) is 0 Å². The van der Waals surface area contributed by atoms with Crippen LogP contribution in [0.5, 0.6) is 0 Å². The second-order valence-electron chi connectivity index (χ2n) is 7.71. The highest BCUT2D eigenvalue weighted by atomic mass is 19.1. The number of aliphatic hydroxyl groups excluding tert-OH is 1. The Morgan fingerprint density at radius 1 is 1.03 bits per heavy atom. The maximum absolute atomic E-state index is 13.7. The Morgan fingerprint density at radius 3 is 2.45 bits per heavy atom. The molecule has 1 N–H and O–H groups in total. The second-order valence-corrected chi connectivity index (χ2v) is 7.71. The molecule has 1 aliphatic rings. The number of pyridine rings is 1. The number of anilines is 1. The fraction of sp³-hybridized carbons (Fsp3) is 0.160. The van der Waals surface area contributed by atoms with Crippen LogP contribution in [0.3, 0.4) is 0 Å². The zero-order valence-corrected chi connectivity index (χ0v) is 17.4. The Bertz CT molecular complexity index is 1230. The number of nitrogens with zero attached hydrogens (tertiary/aromatic N) is 2. The van der Waals surface area contributed by atoms with Crippen LogP contribution in [-0.4, -0.2) is 21.8 Å². The molecular formula is C25H21FN2O3. The normalized spacial score (nSPS) is 17.9. The number of benzene rings is 2. The maximum Gasteiger partial charge on any atom is 0.300 e. The Balaban J connectivity index is 1.97. The molecule has 0 bridgehead atoms. The summed E-state index contributed by atoms with van der Waals surface area (Å²) in [6.45, 7) is 5.38. The fourth-order valence-electron chi connectivity index (χ4n) is 3.96. The van der Waals surface area contributed by atoms with Crippen LogP contribution in [0.1, 0.15) is 33.9 Å². The Labute approximate surface area is 179 Å². The van der Waals surface area contributed by atoms with Crippen molar-refractivity contribution < 1.29 is 19.1 Å². The van der Waals surface area contributed by atoms with Gasteiger partial charge in [-0.3, -0.25) is 19.5 Å². The van der Waals surface area contributed by atoms with Gasteiger partial charge < -0.3 is 5.11 Å². The van der Waals surface area contributed by atoms with Gasteiger partial charge in [0.05, 0.1) is 11.6 Å². The molecule has 0 radical (unpaired) electrons. The van der Waals surface area contributed by atoms with E-state index in [9.17, 15) is 19.1 Å². The highest BCUT2D eigenvalue weighted by molar-refractivity contribution is 6.51. The monoisotopic (exact) mass is 416 g/mol. The van der Waals surface area contributed by atoms with Crippen LogP contribution in [0.4, 0.5) is 10.1 Å². The number of carbonyl (C=O) groups is 2. The lowest BCUT2D eigenvalue weighted by Crippen LogP contribution is -2.30. The van der Waals surface area contributed by atoms with E-state index in [-0.39, 0.29) is 16.9 Å². The van der Waals surface area contributed by atoms with E-state index in [1.165, 1.54) is 23.1 Å². The van der Waals surface area contributed by atoms with Crippen molar-refractivity contribution in [3.05, 3.63) is 100 Å². The summed E-state index contributed by atoms with van der Waals surface area (Å²) in [6, 6.07) is 12.3. The van der Waals surface area contributed by atoms with E-state index in [2.05, 4.69) is 4.98 Å². The highest BCUT2D eigenvalue weighted by Gasteiger charge is 2.47. The summed E-state index contributed by atoms with van der Waals surface area (Å²) in [7, 11) is 0. The molecule has 0 saturated carbocycles. The summed E-state index contributed by atoms with van der Waals surface area (Å²) >= 11 is 0. The zero-order valence-electron chi connectivity index (χ0n) is 17.4. The predicted octanol–water partition coefficient (Wildman–Crippen LogP) is 4.77. The first kappa shape index (κ1) is 20.5. The van der Waals surface area contributed by atoms with Crippen LogP contribution in [0.25, 0.3) is 5.76 Å². The van der Waals surface area contributed by atoms with Crippen molar-refractivity contribution >= 4 is 23.1 Å². The maximum atomic E-state index is 13.7. The Morgan fingerprint density at radius 2 is 1.81 bits per heavy atom. The van der Waals surface area contributed by atoms with Gasteiger partial charge in [0.15, 0.2) is 0 Å². The number of ketones is 1. The lowest BCUT2D eigenvalue weighted by molar-refractivity contribution is -0.132. The molecule has 6 heteroatoms. The number of halogens is 1. The third kappa shape index (κ3) is 3.50. The minimum Gasteiger partial charge on any atom is -0.507 e. The summed E-state index contributed by atoms with van der Waals surface area (Å²) < 4.78 is 13.7. The minimum atomic E-state index is -0.861. The van der Waals surface area contributed by atoms with Crippen LogP contribution >= 0.6 is 0 Å². The lowest BCUT2D eigenvalue weighted by atomic mass is 9.95. The number of rotatable bonds is 3. The molecule has 1 amide bonds. The quantitative estimate of drug-likeness (QED) is 0.379. The Kier molecular flexibility index (Phi) is 5.15. The largest absolute Gasteiger partial charge is 0.507 e. The standard InChI is InChI=1S/C25H21FN2O3/c1-14-6-9-20(16(3)11-14)28-22(18-5-4-10-27-13-18)21(24(30)25(28)31)23(29)17-7-8-19(26)15(2)12-17/h4-13,22,29H,1-3H3/b23-21+. The van der Waals surface area contributed by atoms with Crippen molar-refractivity contribution in [3.8, 4) is 0 Å². The molecule has 2 aromatic carbocycles. The van der Waals surface area contributed by atoms with E-state index < -0.39 is 23.5 Å². The first-order valence-electron chi connectivity index (χ1n) is 9.84. The van der Waals surface area contributed by atoms with Crippen molar-refractivity contribution in [1.82, 2.24) is 4.98 Å². The molecule has 5 nitrogen and oxygen atoms in total. The topological polar surface area (TPSA) is 70.5 Å². The zero-order chi connectivity index (χ0) is 22.3. The van der Waals surface area contributed by atoms with Gasteiger partial charge >= 0.3 is 0 Å². The van der Waals surface area contributed by atoms with Crippen LogP contribution in [0, 0.1) is 26.6 Å². The first-order chi connectivity index (χ1) is 14.8. The summed E-state index contributed by atoms with van der Waals surface area (Å²) in [5, 5.41) is 11.1. The van der Waals surface area contributed by atoms with Crippen molar-refractivity contribution in [2.24, 2.45) is 0 Å². The van der Waals surface area contributed by atoms with Gasteiger partial charge in [0, 0.05) is 23.6 Å². The summed E-state index contributed by atoms with van der Waals surface area (Å²) in [5.41, 5.74) is 3.56. The number of aromatic nitrogens is 1. The van der Waals surface area contributed by atoms with Crippen molar-refractivity contribution in [2.75, 3.05) is 4.90 Å². The van der Waals surface area contributed by atoms with Gasteiger partial charge in [-0.25, -0.2) is 4.39 Å². The molecule has 4 rings (SSSR count). The summed E-state index contributed by atoms with van der Waals surface area (Å²) in [5.74, 6) is -2.30. The average molecular weight is 416 g/mol. The van der Waals surface area contributed by atoms with Crippen LogP contribution in [0.15, 0.2) is 66.5 Å². The molecule has 0 aliphatic carbocycles. The van der Waals surface area contributed by atoms with Gasteiger partial charge in [0.1, 0.15) is 11.6 Å². The van der Waals surface area contributed by atoms with E-state index in [0.29, 0.717) is 16.8 Å². The molecule has 1 aliphatic heterocycles. The molecule has 31 heavy (non-hydrogen) atoms. The van der Waals surface area contributed by atoms with Crippen LogP contribution in [-0.2, 0) is 9.59 Å². The summed E-state index contributed by atoms with van der Waals surface area (Å²) in [6.07, 6.45) is 3.16. The van der Waals surface area contributed by atoms with Crippen molar-refractivity contribution in [2.45, 2.75) is 26.8 Å². The lowest BCUT2D eigenvalue weighted by Gasteiger charge is -2.26. The van der Waals surface area contributed by atoms with Gasteiger partial charge in [0.25, 0.3) is 11.7 Å². The minimum absolute atomic E-state index is 0.0519. The number of hydrogen-bond acceptors (Lipinski definition) is 4. The molecular weight excluding hydrogens is 395 g/mol. The number of hydrogen-bond donors (Lipinski definition) is 1. The first-order valence-corrected chi connectivity index (χ1v) is 9.84. The van der Waals surface area contributed by atoms with Gasteiger partial charge in [-0.15, -0.1) is 0 Å². The van der Waals surface area contributed by atoms with E-state index in [0.717, 1.165) is 11.1 Å². The molecule has 156 valence electrons. The molecule has 0 spiro atoms. The van der Waals surface area contributed by atoms with Gasteiger partial charge in [-0.1, -0.05) is 23.8 Å². The van der Waals surface area contributed by atoms with E-state index in [1.54, 1.807) is 37.5 Å². The average Bonchev–Trinajstić information content (AvgIpc) is 3.01. The van der Waals surface area contributed by atoms with E-state index in [1.807, 2.05) is 26.0 Å².